The Kier molecular flexibility index (Phi) is 13.8. The molecule has 0 N–H and O–H groups in total. The molecule has 49 heavy (non-hydrogen) atoms. The summed E-state index contributed by atoms with van der Waals surface area (Å²) in [5.41, 5.74) is -0.570. The summed E-state index contributed by atoms with van der Waals surface area (Å²) in [6.07, 6.45) is -0.552. The summed E-state index contributed by atoms with van der Waals surface area (Å²) in [5.74, 6) is -1.58. The molecule has 0 bridgehead atoms. The van der Waals surface area contributed by atoms with Crippen LogP contribution in [0.15, 0.2) is 47.3 Å². The molecule has 1 aliphatic rings. The first-order chi connectivity index (χ1) is 23.3. The molecule has 1 amide bonds. The van der Waals surface area contributed by atoms with Crippen molar-refractivity contribution in [1.29, 1.82) is 0 Å². The van der Waals surface area contributed by atoms with Crippen LogP contribution >= 0.6 is 39.1 Å². The van der Waals surface area contributed by atoms with Crippen molar-refractivity contribution in [2.24, 2.45) is 5.92 Å². The zero-order valence-corrected chi connectivity index (χ0v) is 32.1. The molecule has 4 rings (SSSR count). The van der Waals surface area contributed by atoms with E-state index in [1.807, 2.05) is 6.07 Å². The predicted octanol–water partition coefficient (Wildman–Crippen LogP) is 10.1. The van der Waals surface area contributed by atoms with E-state index in [-0.39, 0.29) is 54.5 Å². The minimum absolute atomic E-state index is 0.0352. The van der Waals surface area contributed by atoms with E-state index in [4.69, 9.17) is 32.4 Å². The Morgan fingerprint density at radius 2 is 1.63 bits per heavy atom. The van der Waals surface area contributed by atoms with Crippen molar-refractivity contribution in [3.63, 3.8) is 0 Å². The number of pyridine rings is 1. The summed E-state index contributed by atoms with van der Waals surface area (Å²) in [5, 5.41) is 4.62. The fourth-order valence-corrected chi connectivity index (χ4v) is 10.3. The van der Waals surface area contributed by atoms with Crippen molar-refractivity contribution in [3.05, 3.63) is 79.8 Å². The van der Waals surface area contributed by atoms with Gasteiger partial charge < -0.3 is 14.1 Å². The number of benzene rings is 1. The molecule has 0 saturated heterocycles. The standard InChI is InChI=1S/C34H42BrCl2F3N4O4Si/c1-5-47-33(46)22-13-15-24(16-14-22)44-31(34(38,39)40)25(17-42-44)32(45)43(20-23-11-9-10-12-26(23)35)21-29(48-49(6-2,7-3)8-4)30-27(36)18-41-19-28(30)37/h9-12,17-19,22,24,29H,5-8,13-16,20-21H2,1-4H3. The van der Waals surface area contributed by atoms with Gasteiger partial charge in [0, 0.05) is 29.0 Å². The minimum atomic E-state index is -4.89. The maximum Gasteiger partial charge on any atom is 0.433 e. The highest BCUT2D eigenvalue weighted by Crippen LogP contribution is 2.41. The topological polar surface area (TPSA) is 86.6 Å². The molecule has 0 spiro atoms. The third kappa shape index (κ3) is 9.27. The summed E-state index contributed by atoms with van der Waals surface area (Å²) in [6, 6.07) is 8.89. The second-order valence-corrected chi connectivity index (χ2v) is 18.6. The van der Waals surface area contributed by atoms with Crippen LogP contribution in [0.5, 0.6) is 0 Å². The summed E-state index contributed by atoms with van der Waals surface area (Å²) in [6.45, 7) is 7.95. The number of amides is 1. The summed E-state index contributed by atoms with van der Waals surface area (Å²) in [4.78, 5) is 32.2. The van der Waals surface area contributed by atoms with Crippen LogP contribution in [-0.4, -0.2) is 53.0 Å². The molecule has 3 aromatic rings. The van der Waals surface area contributed by atoms with Crippen molar-refractivity contribution in [2.75, 3.05) is 13.2 Å². The van der Waals surface area contributed by atoms with Crippen molar-refractivity contribution >= 4 is 59.3 Å². The van der Waals surface area contributed by atoms with Gasteiger partial charge in [0.1, 0.15) is 0 Å². The number of rotatable bonds is 14. The van der Waals surface area contributed by atoms with Crippen LogP contribution in [-0.2, 0) is 26.7 Å². The number of ether oxygens (including phenoxy) is 1. The van der Waals surface area contributed by atoms with Crippen molar-refractivity contribution in [3.8, 4) is 0 Å². The van der Waals surface area contributed by atoms with Crippen LogP contribution in [0.1, 0.15) is 92.7 Å². The Labute approximate surface area is 304 Å². The molecule has 268 valence electrons. The van der Waals surface area contributed by atoms with Crippen LogP contribution in [0.2, 0.25) is 28.2 Å². The number of alkyl halides is 3. The smallest absolute Gasteiger partial charge is 0.433 e. The molecule has 0 aliphatic heterocycles. The average molecular weight is 807 g/mol. The molecule has 1 saturated carbocycles. The fraction of sp³-hybridized carbons (Fsp3) is 0.529. The van der Waals surface area contributed by atoms with Crippen molar-refractivity contribution in [2.45, 2.75) is 96.4 Å². The first kappa shape index (κ1) is 39.3. The zero-order valence-electron chi connectivity index (χ0n) is 28.0. The van der Waals surface area contributed by atoms with Crippen LogP contribution in [0.3, 0.4) is 0 Å². The first-order valence-corrected chi connectivity index (χ1v) is 20.7. The van der Waals surface area contributed by atoms with E-state index in [2.05, 4.69) is 46.8 Å². The lowest BCUT2D eigenvalue weighted by Crippen LogP contribution is -2.42. The van der Waals surface area contributed by atoms with E-state index in [0.29, 0.717) is 28.4 Å². The Morgan fingerprint density at radius 3 is 2.18 bits per heavy atom. The Balaban J connectivity index is 1.78. The molecular weight excluding hydrogens is 764 g/mol. The highest BCUT2D eigenvalue weighted by Gasteiger charge is 2.44. The summed E-state index contributed by atoms with van der Waals surface area (Å²) in [7, 11) is -2.39. The molecule has 1 aromatic carbocycles. The largest absolute Gasteiger partial charge is 0.466 e. The maximum absolute atomic E-state index is 14.9. The monoisotopic (exact) mass is 804 g/mol. The van der Waals surface area contributed by atoms with E-state index < -0.39 is 43.8 Å². The van der Waals surface area contributed by atoms with Gasteiger partial charge >= 0.3 is 12.1 Å². The molecule has 1 atom stereocenters. The van der Waals surface area contributed by atoms with Crippen LogP contribution in [0, 0.1) is 5.92 Å². The molecule has 15 heteroatoms. The Bertz CT molecular complexity index is 1570. The van der Waals surface area contributed by atoms with Crippen LogP contribution < -0.4 is 0 Å². The third-order valence-corrected chi connectivity index (χ3v) is 15.5. The number of esters is 1. The number of carbonyl (C=O) groups excluding carboxylic acids is 2. The zero-order chi connectivity index (χ0) is 35.9. The van der Waals surface area contributed by atoms with Gasteiger partial charge in [0.05, 0.1) is 53.0 Å². The lowest BCUT2D eigenvalue weighted by Gasteiger charge is -2.37. The highest BCUT2D eigenvalue weighted by molar-refractivity contribution is 9.10. The second kappa shape index (κ2) is 17.2. The van der Waals surface area contributed by atoms with Crippen LogP contribution in [0.25, 0.3) is 0 Å². The van der Waals surface area contributed by atoms with E-state index in [9.17, 15) is 22.8 Å². The number of hydrogen-bond donors (Lipinski definition) is 0. The third-order valence-electron chi connectivity index (χ3n) is 9.49. The average Bonchev–Trinajstić information content (AvgIpc) is 3.54. The Morgan fingerprint density at radius 1 is 1.02 bits per heavy atom. The maximum atomic E-state index is 14.9. The molecule has 0 radical (unpaired) electrons. The lowest BCUT2D eigenvalue weighted by molar-refractivity contribution is -0.151. The summed E-state index contributed by atoms with van der Waals surface area (Å²) < 4.78 is 58.5. The predicted molar refractivity (Wildman–Crippen MR) is 189 cm³/mol. The fourth-order valence-electron chi connectivity index (χ4n) is 6.53. The number of aromatic nitrogens is 3. The molecule has 2 aromatic heterocycles. The van der Waals surface area contributed by atoms with Crippen molar-refractivity contribution < 1.29 is 31.9 Å². The molecular formula is C34H42BrCl2F3N4O4Si. The highest BCUT2D eigenvalue weighted by atomic mass is 79.9. The SMILES string of the molecule is CCOC(=O)C1CCC(n2ncc(C(=O)N(Cc3ccccc3Br)CC(O[Si](CC)(CC)CC)c3c(Cl)cncc3Cl)c2C(F)(F)F)CC1. The van der Waals surface area contributed by atoms with Gasteiger partial charge in [-0.3, -0.25) is 19.3 Å². The van der Waals surface area contributed by atoms with Gasteiger partial charge in [-0.15, -0.1) is 0 Å². The molecule has 1 unspecified atom stereocenters. The molecule has 2 heterocycles. The van der Waals surface area contributed by atoms with Gasteiger partial charge in [-0.1, -0.05) is 78.1 Å². The van der Waals surface area contributed by atoms with E-state index in [1.54, 1.807) is 25.1 Å². The van der Waals surface area contributed by atoms with Crippen LogP contribution in [0.4, 0.5) is 13.2 Å². The Hall–Kier alpha value is -2.45. The van der Waals surface area contributed by atoms with Gasteiger partial charge in [-0.05, 0) is 62.4 Å². The number of carbonyl (C=O) groups is 2. The van der Waals surface area contributed by atoms with Gasteiger partial charge in [0.15, 0.2) is 14.0 Å². The lowest BCUT2D eigenvalue weighted by atomic mass is 9.86. The van der Waals surface area contributed by atoms with E-state index in [1.165, 1.54) is 17.3 Å². The summed E-state index contributed by atoms with van der Waals surface area (Å²) >= 11 is 16.8. The second-order valence-electron chi connectivity index (χ2n) is 12.3. The van der Waals surface area contributed by atoms with Gasteiger partial charge in [-0.2, -0.15) is 18.3 Å². The molecule has 1 aliphatic carbocycles. The van der Waals surface area contributed by atoms with E-state index in [0.717, 1.165) is 29.0 Å². The quantitative estimate of drug-likeness (QED) is 0.119. The van der Waals surface area contributed by atoms with Gasteiger partial charge in [0.2, 0.25) is 0 Å². The normalized spacial score (nSPS) is 17.5. The minimum Gasteiger partial charge on any atom is -0.466 e. The van der Waals surface area contributed by atoms with Crippen molar-refractivity contribution in [1.82, 2.24) is 19.7 Å². The molecule has 8 nitrogen and oxygen atoms in total. The number of hydrogen-bond acceptors (Lipinski definition) is 6. The molecule has 1 fully saturated rings. The van der Waals surface area contributed by atoms with Gasteiger partial charge in [0.25, 0.3) is 5.91 Å². The van der Waals surface area contributed by atoms with Gasteiger partial charge in [-0.25, -0.2) is 0 Å². The number of nitrogens with zero attached hydrogens (tertiary/aromatic N) is 4. The first-order valence-electron chi connectivity index (χ1n) is 16.6. The number of halogens is 6. The van der Waals surface area contributed by atoms with E-state index >= 15 is 0 Å².